The van der Waals surface area contributed by atoms with E-state index in [0.717, 1.165) is 41.2 Å². The first-order valence-electron chi connectivity index (χ1n) is 11.8. The standard InChI is InChI=1S/C27H36N4O2/c1-18-17-30(15-16-31(18)25(32)33-27(5,6)7)22-10-8-9-21-23(22)29-24(28-21)19-11-13-20(14-12-19)26(2,3)4/h8-14,18H,15-17H2,1-7H3,(H,28,29)/t18-/m1/s1. The summed E-state index contributed by atoms with van der Waals surface area (Å²) in [7, 11) is 0. The van der Waals surface area contributed by atoms with Crippen molar-refractivity contribution in [1.29, 1.82) is 0 Å². The summed E-state index contributed by atoms with van der Waals surface area (Å²) in [5.41, 5.74) is 5.09. The van der Waals surface area contributed by atoms with Crippen LogP contribution >= 0.6 is 0 Å². The molecule has 1 aromatic heterocycles. The van der Waals surface area contributed by atoms with Crippen LogP contribution in [-0.4, -0.2) is 52.2 Å². The van der Waals surface area contributed by atoms with Gasteiger partial charge in [-0.2, -0.15) is 0 Å². The number of para-hydroxylation sites is 1. The van der Waals surface area contributed by atoms with Crippen LogP contribution < -0.4 is 4.90 Å². The highest BCUT2D eigenvalue weighted by molar-refractivity contribution is 5.91. The summed E-state index contributed by atoms with van der Waals surface area (Å²) in [5, 5.41) is 0. The number of hydrogen-bond donors (Lipinski definition) is 1. The number of amides is 1. The second kappa shape index (κ2) is 8.40. The molecule has 0 unspecified atom stereocenters. The number of nitrogens with one attached hydrogen (secondary N) is 1. The van der Waals surface area contributed by atoms with Crippen LogP contribution in [0.25, 0.3) is 22.4 Å². The van der Waals surface area contributed by atoms with Gasteiger partial charge in [0.2, 0.25) is 0 Å². The van der Waals surface area contributed by atoms with E-state index >= 15 is 0 Å². The molecule has 4 rings (SSSR count). The topological polar surface area (TPSA) is 61.5 Å². The number of aromatic nitrogens is 2. The Hall–Kier alpha value is -3.02. The number of aromatic amines is 1. The summed E-state index contributed by atoms with van der Waals surface area (Å²) in [6, 6.07) is 14.9. The second-order valence-corrected chi connectivity index (χ2v) is 11.1. The number of rotatable bonds is 2. The van der Waals surface area contributed by atoms with Crippen LogP contribution in [0.2, 0.25) is 0 Å². The molecular formula is C27H36N4O2. The Bertz CT molecular complexity index is 1140. The lowest BCUT2D eigenvalue weighted by atomic mass is 9.87. The lowest BCUT2D eigenvalue weighted by molar-refractivity contribution is 0.0159. The fraction of sp³-hybridized carbons (Fsp3) is 0.481. The number of benzene rings is 2. The summed E-state index contributed by atoms with van der Waals surface area (Å²) in [6.45, 7) is 16.5. The highest BCUT2D eigenvalue weighted by Gasteiger charge is 2.31. The van der Waals surface area contributed by atoms with E-state index in [1.165, 1.54) is 5.56 Å². The Morgan fingerprint density at radius 2 is 1.73 bits per heavy atom. The molecule has 1 saturated heterocycles. The predicted molar refractivity (Wildman–Crippen MR) is 135 cm³/mol. The van der Waals surface area contributed by atoms with Gasteiger partial charge >= 0.3 is 6.09 Å². The van der Waals surface area contributed by atoms with Crippen LogP contribution in [0.1, 0.15) is 54.0 Å². The van der Waals surface area contributed by atoms with Gasteiger partial charge in [-0.05, 0) is 50.8 Å². The molecule has 0 bridgehead atoms. The summed E-state index contributed by atoms with van der Waals surface area (Å²) in [6.07, 6.45) is -0.242. The molecule has 0 aliphatic carbocycles. The molecule has 0 spiro atoms. The Morgan fingerprint density at radius 1 is 1.03 bits per heavy atom. The first kappa shape index (κ1) is 23.1. The molecule has 0 saturated carbocycles. The van der Waals surface area contributed by atoms with Crippen LogP contribution in [0, 0.1) is 0 Å². The lowest BCUT2D eigenvalue weighted by Crippen LogP contribution is -2.55. The Labute approximate surface area is 196 Å². The molecule has 176 valence electrons. The van der Waals surface area contributed by atoms with Crippen molar-refractivity contribution in [2.45, 2.75) is 65.5 Å². The van der Waals surface area contributed by atoms with Crippen LogP contribution in [-0.2, 0) is 10.2 Å². The van der Waals surface area contributed by atoms with Crippen molar-refractivity contribution in [3.63, 3.8) is 0 Å². The maximum Gasteiger partial charge on any atom is 0.410 e. The van der Waals surface area contributed by atoms with Crippen molar-refractivity contribution in [3.05, 3.63) is 48.0 Å². The highest BCUT2D eigenvalue weighted by Crippen LogP contribution is 2.31. The highest BCUT2D eigenvalue weighted by atomic mass is 16.6. The molecule has 1 atom stereocenters. The average Bonchev–Trinajstić information content (AvgIpc) is 3.16. The number of carbonyl (C=O) groups is 1. The zero-order valence-electron chi connectivity index (χ0n) is 20.9. The Balaban J connectivity index is 1.56. The average molecular weight is 449 g/mol. The largest absolute Gasteiger partial charge is 0.444 e. The third-order valence-electron chi connectivity index (χ3n) is 6.11. The minimum Gasteiger partial charge on any atom is -0.444 e. The minimum atomic E-state index is -0.490. The zero-order chi connectivity index (χ0) is 24.0. The predicted octanol–water partition coefficient (Wildman–Crippen LogP) is 5.97. The maximum absolute atomic E-state index is 12.6. The van der Waals surface area contributed by atoms with E-state index in [1.807, 2.05) is 25.7 Å². The number of ether oxygens (including phenoxy) is 1. The van der Waals surface area contributed by atoms with Gasteiger partial charge in [0.25, 0.3) is 0 Å². The van der Waals surface area contributed by atoms with Gasteiger partial charge in [0.1, 0.15) is 16.9 Å². The number of anilines is 1. The number of hydrogen-bond acceptors (Lipinski definition) is 4. The van der Waals surface area contributed by atoms with Crippen LogP contribution in [0.5, 0.6) is 0 Å². The van der Waals surface area contributed by atoms with Crippen LogP contribution in [0.15, 0.2) is 42.5 Å². The maximum atomic E-state index is 12.6. The van der Waals surface area contributed by atoms with Gasteiger partial charge in [-0.3, -0.25) is 0 Å². The third-order valence-corrected chi connectivity index (χ3v) is 6.11. The van der Waals surface area contributed by atoms with Crippen molar-refractivity contribution in [3.8, 4) is 11.4 Å². The number of H-pyrrole nitrogens is 1. The summed E-state index contributed by atoms with van der Waals surface area (Å²) >= 11 is 0. The molecule has 2 aromatic carbocycles. The van der Waals surface area contributed by atoms with Crippen LogP contribution in [0.4, 0.5) is 10.5 Å². The van der Waals surface area contributed by atoms with E-state index < -0.39 is 5.60 Å². The quantitative estimate of drug-likeness (QED) is 0.524. The van der Waals surface area contributed by atoms with Crippen molar-refractivity contribution >= 4 is 22.8 Å². The minimum absolute atomic E-state index is 0.0483. The number of carbonyl (C=O) groups excluding carboxylic acids is 1. The molecule has 2 heterocycles. The molecule has 6 nitrogen and oxygen atoms in total. The van der Waals surface area contributed by atoms with Gasteiger partial charge in [-0.25, -0.2) is 9.78 Å². The van der Waals surface area contributed by atoms with Crippen LogP contribution in [0.3, 0.4) is 0 Å². The number of piperazine rings is 1. The van der Waals surface area contributed by atoms with Crippen molar-refractivity contribution < 1.29 is 9.53 Å². The first-order chi connectivity index (χ1) is 15.4. The van der Waals surface area contributed by atoms with E-state index in [9.17, 15) is 4.79 Å². The molecule has 1 aliphatic heterocycles. The first-order valence-corrected chi connectivity index (χ1v) is 11.8. The molecule has 1 fully saturated rings. The van der Waals surface area contributed by atoms with Gasteiger partial charge in [0, 0.05) is 31.2 Å². The van der Waals surface area contributed by atoms with E-state index in [4.69, 9.17) is 9.72 Å². The molecule has 6 heteroatoms. The lowest BCUT2D eigenvalue weighted by Gasteiger charge is -2.41. The second-order valence-electron chi connectivity index (χ2n) is 11.1. The Kier molecular flexibility index (Phi) is 5.89. The summed E-state index contributed by atoms with van der Waals surface area (Å²) in [4.78, 5) is 25.2. The van der Waals surface area contributed by atoms with Gasteiger partial charge in [0.05, 0.1) is 11.2 Å². The van der Waals surface area contributed by atoms with E-state index in [0.29, 0.717) is 6.54 Å². The number of imidazole rings is 1. The van der Waals surface area contributed by atoms with Gasteiger partial charge in [0.15, 0.2) is 0 Å². The molecule has 33 heavy (non-hydrogen) atoms. The fourth-order valence-corrected chi connectivity index (χ4v) is 4.31. The number of fused-ring (bicyclic) bond motifs is 1. The Morgan fingerprint density at radius 3 is 2.33 bits per heavy atom. The molecule has 1 amide bonds. The smallest absolute Gasteiger partial charge is 0.410 e. The zero-order valence-corrected chi connectivity index (χ0v) is 20.9. The summed E-state index contributed by atoms with van der Waals surface area (Å²) < 4.78 is 5.59. The SMILES string of the molecule is C[C@@H]1CN(c2cccc3[nH]c(-c4ccc(C(C)(C)C)cc4)nc23)CCN1C(=O)OC(C)(C)C. The van der Waals surface area contributed by atoms with E-state index in [1.54, 1.807) is 0 Å². The van der Waals surface area contributed by atoms with Gasteiger partial charge in [-0.15, -0.1) is 0 Å². The molecular weight excluding hydrogens is 412 g/mol. The van der Waals surface area contributed by atoms with Gasteiger partial charge in [-0.1, -0.05) is 51.1 Å². The molecule has 1 N–H and O–H groups in total. The molecule has 3 aromatic rings. The monoisotopic (exact) mass is 448 g/mol. The normalized spacial score (nSPS) is 17.5. The summed E-state index contributed by atoms with van der Waals surface area (Å²) in [5.74, 6) is 0.873. The molecule has 0 radical (unpaired) electrons. The fourth-order valence-electron chi connectivity index (χ4n) is 4.31. The van der Waals surface area contributed by atoms with Gasteiger partial charge < -0.3 is 19.5 Å². The molecule has 1 aliphatic rings. The third kappa shape index (κ3) is 5.00. The van der Waals surface area contributed by atoms with E-state index in [2.05, 4.69) is 80.0 Å². The van der Waals surface area contributed by atoms with Crippen molar-refractivity contribution in [1.82, 2.24) is 14.9 Å². The van der Waals surface area contributed by atoms with E-state index in [-0.39, 0.29) is 17.6 Å². The van der Waals surface area contributed by atoms with Crippen molar-refractivity contribution in [2.75, 3.05) is 24.5 Å². The number of nitrogens with zero attached hydrogens (tertiary/aromatic N) is 3. The van der Waals surface area contributed by atoms with Crippen molar-refractivity contribution in [2.24, 2.45) is 0 Å².